The molecule has 0 aliphatic carbocycles. The first-order valence-electron chi connectivity index (χ1n) is 9.98. The molecule has 0 radical (unpaired) electrons. The highest BCUT2D eigenvalue weighted by atomic mass is 35.5. The molecule has 1 N–H and O–H groups in total. The number of aryl methyl sites for hydroxylation is 1. The first-order valence-corrected chi connectivity index (χ1v) is 10.7. The van der Waals surface area contributed by atoms with Gasteiger partial charge in [-0.2, -0.15) is 0 Å². The molecular weight excluding hydrogens is 453 g/mol. The van der Waals surface area contributed by atoms with Crippen molar-refractivity contribution in [3.05, 3.63) is 84.6 Å². The summed E-state index contributed by atoms with van der Waals surface area (Å²) in [4.78, 5) is 26.2. The normalized spacial score (nSPS) is 15.8. The highest BCUT2D eigenvalue weighted by molar-refractivity contribution is 6.36. The summed E-state index contributed by atoms with van der Waals surface area (Å²) >= 11 is 12.7. The van der Waals surface area contributed by atoms with Gasteiger partial charge in [-0.3, -0.25) is 13.9 Å². The van der Waals surface area contributed by atoms with Gasteiger partial charge < -0.3 is 14.4 Å². The molecule has 32 heavy (non-hydrogen) atoms. The number of halogens is 2. The molecule has 0 spiro atoms. The van der Waals surface area contributed by atoms with Gasteiger partial charge >= 0.3 is 5.69 Å². The summed E-state index contributed by atoms with van der Waals surface area (Å²) in [6, 6.07) is 12.0. The number of nitrogens with zero attached hydrogens (tertiary/aromatic N) is 3. The average molecular weight is 472 g/mol. The first-order chi connectivity index (χ1) is 15.3. The minimum Gasteiger partial charge on any atom is -0.508 e. The van der Waals surface area contributed by atoms with Crippen LogP contribution in [0.4, 0.5) is 0 Å². The maximum atomic E-state index is 13.4. The van der Waals surface area contributed by atoms with Crippen LogP contribution >= 0.6 is 23.2 Å². The van der Waals surface area contributed by atoms with Crippen LogP contribution in [0.5, 0.6) is 5.75 Å². The Morgan fingerprint density at radius 3 is 2.53 bits per heavy atom. The number of hydrogen-bond donors (Lipinski definition) is 1. The predicted molar refractivity (Wildman–Crippen MR) is 124 cm³/mol. The van der Waals surface area contributed by atoms with E-state index >= 15 is 0 Å². The lowest BCUT2D eigenvalue weighted by molar-refractivity contribution is 0.0464. The SMILES string of the molecule is Cn1c(=O)c2c(-c3ccc(Cl)cc3Cl)n3c(c2n(C)c1=O)[C@H](c1ccccc1O)OCC3. The minimum absolute atomic E-state index is 0.0696. The summed E-state index contributed by atoms with van der Waals surface area (Å²) in [5.41, 5.74) is 1.96. The van der Waals surface area contributed by atoms with Gasteiger partial charge in [0, 0.05) is 36.8 Å². The van der Waals surface area contributed by atoms with E-state index in [2.05, 4.69) is 0 Å². The fraction of sp³-hybridized carbons (Fsp3) is 0.217. The van der Waals surface area contributed by atoms with Gasteiger partial charge in [0.25, 0.3) is 5.56 Å². The number of phenolic OH excluding ortho intramolecular Hbond substituents is 1. The van der Waals surface area contributed by atoms with Gasteiger partial charge in [0.1, 0.15) is 11.9 Å². The van der Waals surface area contributed by atoms with Crippen molar-refractivity contribution in [2.24, 2.45) is 14.1 Å². The highest BCUT2D eigenvalue weighted by Gasteiger charge is 2.34. The second-order valence-electron chi connectivity index (χ2n) is 7.75. The lowest BCUT2D eigenvalue weighted by Crippen LogP contribution is -2.37. The Morgan fingerprint density at radius 1 is 1.06 bits per heavy atom. The molecule has 164 valence electrons. The van der Waals surface area contributed by atoms with Crippen molar-refractivity contribution < 1.29 is 9.84 Å². The van der Waals surface area contributed by atoms with Gasteiger partial charge in [-0.25, -0.2) is 4.79 Å². The fourth-order valence-corrected chi connectivity index (χ4v) is 4.99. The molecule has 9 heteroatoms. The molecule has 0 saturated carbocycles. The summed E-state index contributed by atoms with van der Waals surface area (Å²) in [7, 11) is 3.07. The third kappa shape index (κ3) is 2.92. The number of hydrogen-bond acceptors (Lipinski definition) is 4. The van der Waals surface area contributed by atoms with Gasteiger partial charge in [0.15, 0.2) is 0 Å². The number of phenols is 1. The van der Waals surface area contributed by atoms with Crippen LogP contribution in [0.1, 0.15) is 17.4 Å². The van der Waals surface area contributed by atoms with E-state index in [-0.39, 0.29) is 5.75 Å². The van der Waals surface area contributed by atoms with Gasteiger partial charge in [-0.1, -0.05) is 41.4 Å². The number of aromatic hydroxyl groups is 1. The zero-order valence-electron chi connectivity index (χ0n) is 17.3. The summed E-state index contributed by atoms with van der Waals surface area (Å²) in [5.74, 6) is 0.0696. The summed E-state index contributed by atoms with van der Waals surface area (Å²) in [5, 5.41) is 11.7. The lowest BCUT2D eigenvalue weighted by Gasteiger charge is -2.28. The molecule has 0 bridgehead atoms. The molecule has 3 heterocycles. The highest BCUT2D eigenvalue weighted by Crippen LogP contribution is 2.44. The van der Waals surface area contributed by atoms with Gasteiger partial charge in [-0.15, -0.1) is 0 Å². The summed E-state index contributed by atoms with van der Waals surface area (Å²) in [6.45, 7) is 0.791. The van der Waals surface area contributed by atoms with E-state index in [0.717, 1.165) is 4.57 Å². The van der Waals surface area contributed by atoms with Crippen LogP contribution in [-0.4, -0.2) is 25.4 Å². The van der Waals surface area contributed by atoms with Crippen LogP contribution in [0.2, 0.25) is 10.0 Å². The molecule has 4 aromatic rings. The second kappa shape index (κ2) is 7.55. The molecule has 0 fully saturated rings. The molecular formula is C23H19Cl2N3O4. The van der Waals surface area contributed by atoms with Crippen molar-refractivity contribution in [3.8, 4) is 17.0 Å². The Labute approximate surface area is 192 Å². The molecule has 0 unspecified atom stereocenters. The van der Waals surface area contributed by atoms with Crippen molar-refractivity contribution in [2.75, 3.05) is 6.61 Å². The van der Waals surface area contributed by atoms with E-state index in [0.29, 0.717) is 56.6 Å². The van der Waals surface area contributed by atoms with Gasteiger partial charge in [-0.05, 0) is 24.3 Å². The van der Waals surface area contributed by atoms with Gasteiger partial charge in [0.2, 0.25) is 0 Å². The Hall–Kier alpha value is -3.00. The summed E-state index contributed by atoms with van der Waals surface area (Å²) in [6.07, 6.45) is -0.676. The van der Waals surface area contributed by atoms with Crippen LogP contribution in [0.3, 0.4) is 0 Å². The molecule has 2 aromatic heterocycles. The van der Waals surface area contributed by atoms with Crippen LogP contribution in [0.15, 0.2) is 52.1 Å². The first kappa shape index (κ1) is 20.9. The van der Waals surface area contributed by atoms with E-state index in [1.807, 2.05) is 4.57 Å². The monoisotopic (exact) mass is 471 g/mol. The second-order valence-corrected chi connectivity index (χ2v) is 8.59. The minimum atomic E-state index is -0.676. The topological polar surface area (TPSA) is 78.4 Å². The molecule has 1 aliphatic rings. The largest absolute Gasteiger partial charge is 0.508 e. The molecule has 5 rings (SSSR count). The maximum Gasteiger partial charge on any atom is 0.331 e. The number of benzene rings is 2. The quantitative estimate of drug-likeness (QED) is 0.481. The smallest absolute Gasteiger partial charge is 0.331 e. The standard InChI is InChI=1S/C23H19Cl2N3O4/c1-26-19-17(22(30)27(2)23(26)31)18(13-8-7-12(24)11-15(13)25)28-9-10-32-21(20(19)28)14-5-3-4-6-16(14)29/h3-8,11,21,29H,9-10H2,1-2H3/t21-/m0/s1. The van der Waals surface area contributed by atoms with E-state index < -0.39 is 17.4 Å². The Balaban J connectivity index is 1.98. The molecule has 2 aromatic carbocycles. The van der Waals surface area contributed by atoms with Gasteiger partial charge in [0.05, 0.1) is 33.9 Å². The molecule has 1 aliphatic heterocycles. The average Bonchev–Trinajstić information content (AvgIpc) is 3.12. The third-order valence-electron chi connectivity index (χ3n) is 5.96. The maximum absolute atomic E-state index is 13.4. The molecule has 1 atom stereocenters. The van der Waals surface area contributed by atoms with Crippen LogP contribution in [0.25, 0.3) is 22.2 Å². The lowest BCUT2D eigenvalue weighted by atomic mass is 10.0. The predicted octanol–water partition coefficient (Wildman–Crippen LogP) is 3.84. The number of rotatable bonds is 2. The van der Waals surface area contributed by atoms with Crippen molar-refractivity contribution in [1.29, 1.82) is 0 Å². The van der Waals surface area contributed by atoms with Crippen molar-refractivity contribution in [2.45, 2.75) is 12.6 Å². The van der Waals surface area contributed by atoms with Crippen LogP contribution in [-0.2, 0) is 25.4 Å². The Bertz CT molecular complexity index is 1520. The molecule has 0 saturated heterocycles. The fourth-order valence-electron chi connectivity index (χ4n) is 4.49. The number of para-hydroxylation sites is 1. The van der Waals surface area contributed by atoms with E-state index in [9.17, 15) is 14.7 Å². The molecule has 7 nitrogen and oxygen atoms in total. The number of ether oxygens (including phenoxy) is 1. The van der Waals surface area contributed by atoms with Crippen molar-refractivity contribution in [3.63, 3.8) is 0 Å². The van der Waals surface area contributed by atoms with E-state index in [4.69, 9.17) is 27.9 Å². The number of fused-ring (bicyclic) bond motifs is 3. The zero-order valence-corrected chi connectivity index (χ0v) is 18.8. The third-order valence-corrected chi connectivity index (χ3v) is 6.51. The van der Waals surface area contributed by atoms with Crippen LogP contribution in [0, 0.1) is 0 Å². The Morgan fingerprint density at radius 2 is 1.81 bits per heavy atom. The van der Waals surface area contributed by atoms with Crippen LogP contribution < -0.4 is 11.2 Å². The zero-order chi connectivity index (χ0) is 22.7. The van der Waals surface area contributed by atoms with Crippen molar-refractivity contribution >= 4 is 34.1 Å². The number of aromatic nitrogens is 3. The van der Waals surface area contributed by atoms with Crippen molar-refractivity contribution in [1.82, 2.24) is 13.7 Å². The Kier molecular flexibility index (Phi) is 4.93. The van der Waals surface area contributed by atoms with E-state index in [1.54, 1.807) is 49.5 Å². The molecule has 0 amide bonds. The van der Waals surface area contributed by atoms with E-state index in [1.165, 1.54) is 11.6 Å². The summed E-state index contributed by atoms with van der Waals surface area (Å²) < 4.78 is 10.6.